The van der Waals surface area contributed by atoms with Gasteiger partial charge in [-0.05, 0) is 31.7 Å². The van der Waals surface area contributed by atoms with Gasteiger partial charge in [-0.1, -0.05) is 12.1 Å². The van der Waals surface area contributed by atoms with Gasteiger partial charge in [0.25, 0.3) is 5.91 Å². The van der Waals surface area contributed by atoms with E-state index in [1.54, 1.807) is 24.1 Å². The van der Waals surface area contributed by atoms with E-state index in [9.17, 15) is 9.18 Å². The summed E-state index contributed by atoms with van der Waals surface area (Å²) in [7, 11) is 3.73. The van der Waals surface area contributed by atoms with Gasteiger partial charge in [-0.15, -0.1) is 0 Å². The van der Waals surface area contributed by atoms with Crippen LogP contribution in [0.4, 0.5) is 4.39 Å². The molecule has 1 amide bonds. The molecule has 1 aromatic rings. The van der Waals surface area contributed by atoms with Gasteiger partial charge in [-0.3, -0.25) is 4.79 Å². The first kappa shape index (κ1) is 14.9. The standard InChI is InChI=1S/C15H21FN2O2/c1-15(11-17(2)8-9-20-15)14(19)18(3)10-12-4-6-13(16)7-5-12/h4-7H,8-11H2,1-3H3/t15-/m1/s1. The maximum atomic E-state index is 12.9. The third-order valence-corrected chi connectivity index (χ3v) is 3.60. The number of nitrogens with zero attached hydrogens (tertiary/aromatic N) is 2. The summed E-state index contributed by atoms with van der Waals surface area (Å²) >= 11 is 0. The normalized spacial score (nSPS) is 23.6. The Morgan fingerprint density at radius 2 is 2.10 bits per heavy atom. The van der Waals surface area contributed by atoms with Gasteiger partial charge in [0.15, 0.2) is 5.60 Å². The summed E-state index contributed by atoms with van der Waals surface area (Å²) in [6.07, 6.45) is 0. The highest BCUT2D eigenvalue weighted by Crippen LogP contribution is 2.20. The van der Waals surface area contributed by atoms with E-state index in [1.165, 1.54) is 12.1 Å². The molecule has 20 heavy (non-hydrogen) atoms. The van der Waals surface area contributed by atoms with E-state index in [4.69, 9.17) is 4.74 Å². The zero-order valence-electron chi connectivity index (χ0n) is 12.2. The van der Waals surface area contributed by atoms with E-state index in [0.717, 1.165) is 12.1 Å². The van der Waals surface area contributed by atoms with Crippen molar-refractivity contribution in [2.24, 2.45) is 0 Å². The molecule has 0 aromatic heterocycles. The molecule has 1 fully saturated rings. The summed E-state index contributed by atoms with van der Waals surface area (Å²) in [6, 6.07) is 6.19. The van der Waals surface area contributed by atoms with Crippen molar-refractivity contribution in [1.29, 1.82) is 0 Å². The van der Waals surface area contributed by atoms with Crippen LogP contribution in [0.2, 0.25) is 0 Å². The number of halogens is 1. The first-order valence-electron chi connectivity index (χ1n) is 6.73. The summed E-state index contributed by atoms with van der Waals surface area (Å²) < 4.78 is 18.6. The highest BCUT2D eigenvalue weighted by atomic mass is 19.1. The Hall–Kier alpha value is -1.46. The maximum Gasteiger partial charge on any atom is 0.255 e. The van der Waals surface area contributed by atoms with Gasteiger partial charge in [0, 0.05) is 26.7 Å². The van der Waals surface area contributed by atoms with Gasteiger partial charge in [-0.2, -0.15) is 0 Å². The fraction of sp³-hybridized carbons (Fsp3) is 0.533. The number of hydrogen-bond donors (Lipinski definition) is 0. The minimum absolute atomic E-state index is 0.0478. The van der Waals surface area contributed by atoms with Crippen LogP contribution in [0.5, 0.6) is 0 Å². The SMILES string of the molecule is CN1CCO[C@@](C)(C(=O)N(C)Cc2ccc(F)cc2)C1. The van der Waals surface area contributed by atoms with Gasteiger partial charge in [0.05, 0.1) is 6.61 Å². The average molecular weight is 280 g/mol. The molecule has 1 aliphatic heterocycles. The third kappa shape index (κ3) is 3.35. The van der Waals surface area contributed by atoms with Crippen LogP contribution in [0.1, 0.15) is 12.5 Å². The molecule has 1 heterocycles. The Labute approximate surface area is 119 Å². The Kier molecular flexibility index (Phi) is 4.40. The Balaban J connectivity index is 2.02. The van der Waals surface area contributed by atoms with Crippen molar-refractivity contribution >= 4 is 5.91 Å². The van der Waals surface area contributed by atoms with E-state index in [1.807, 2.05) is 14.0 Å². The minimum atomic E-state index is -0.804. The summed E-state index contributed by atoms with van der Waals surface area (Å²) in [5, 5.41) is 0. The molecule has 2 rings (SSSR count). The molecule has 1 saturated heterocycles. The number of hydrogen-bond acceptors (Lipinski definition) is 3. The zero-order chi connectivity index (χ0) is 14.8. The first-order chi connectivity index (χ1) is 9.40. The van der Waals surface area contributed by atoms with E-state index < -0.39 is 5.60 Å². The molecule has 0 bridgehead atoms. The molecule has 0 radical (unpaired) electrons. The lowest BCUT2D eigenvalue weighted by Gasteiger charge is -2.39. The summed E-state index contributed by atoms with van der Waals surface area (Å²) in [4.78, 5) is 16.3. The molecule has 110 valence electrons. The lowest BCUT2D eigenvalue weighted by molar-refractivity contribution is -0.165. The second-order valence-corrected chi connectivity index (χ2v) is 5.60. The van der Waals surface area contributed by atoms with Crippen molar-refractivity contribution < 1.29 is 13.9 Å². The van der Waals surface area contributed by atoms with Gasteiger partial charge >= 0.3 is 0 Å². The van der Waals surface area contributed by atoms with E-state index in [2.05, 4.69) is 4.90 Å². The molecule has 0 spiro atoms. The van der Waals surface area contributed by atoms with E-state index >= 15 is 0 Å². The highest BCUT2D eigenvalue weighted by Gasteiger charge is 2.39. The predicted molar refractivity (Wildman–Crippen MR) is 74.7 cm³/mol. The van der Waals surface area contributed by atoms with Gasteiger partial charge in [0.1, 0.15) is 5.82 Å². The summed E-state index contributed by atoms with van der Waals surface area (Å²) in [5.74, 6) is -0.319. The topological polar surface area (TPSA) is 32.8 Å². The Morgan fingerprint density at radius 3 is 2.70 bits per heavy atom. The summed E-state index contributed by atoms with van der Waals surface area (Å²) in [5.41, 5.74) is 0.0944. The van der Waals surface area contributed by atoms with Crippen molar-refractivity contribution in [2.75, 3.05) is 33.8 Å². The molecule has 0 saturated carbocycles. The smallest absolute Gasteiger partial charge is 0.255 e. The number of amides is 1. The average Bonchev–Trinajstić information content (AvgIpc) is 2.40. The summed E-state index contributed by atoms with van der Waals surface area (Å²) in [6.45, 7) is 4.25. The molecule has 0 N–H and O–H groups in total. The van der Waals surface area contributed by atoms with Crippen LogP contribution in [0.15, 0.2) is 24.3 Å². The fourth-order valence-electron chi connectivity index (χ4n) is 2.54. The number of carbonyl (C=O) groups is 1. The monoisotopic (exact) mass is 280 g/mol. The van der Waals surface area contributed by atoms with Crippen LogP contribution in [0.3, 0.4) is 0 Å². The van der Waals surface area contributed by atoms with Crippen molar-refractivity contribution in [3.63, 3.8) is 0 Å². The van der Waals surface area contributed by atoms with Crippen LogP contribution < -0.4 is 0 Å². The number of morpholine rings is 1. The minimum Gasteiger partial charge on any atom is -0.363 e. The number of ether oxygens (including phenoxy) is 1. The van der Waals surface area contributed by atoms with Crippen LogP contribution >= 0.6 is 0 Å². The number of carbonyl (C=O) groups excluding carboxylic acids is 1. The van der Waals surface area contributed by atoms with Crippen LogP contribution in [-0.2, 0) is 16.1 Å². The largest absolute Gasteiger partial charge is 0.363 e. The molecule has 1 atom stereocenters. The quantitative estimate of drug-likeness (QED) is 0.841. The molecule has 4 nitrogen and oxygen atoms in total. The lowest BCUT2D eigenvalue weighted by atomic mass is 10.0. The van der Waals surface area contributed by atoms with Gasteiger partial charge < -0.3 is 14.5 Å². The lowest BCUT2D eigenvalue weighted by Crippen LogP contribution is -2.57. The fourth-order valence-corrected chi connectivity index (χ4v) is 2.54. The highest BCUT2D eigenvalue weighted by molar-refractivity contribution is 5.85. The predicted octanol–water partition coefficient (Wildman–Crippen LogP) is 1.50. The number of likely N-dealkylation sites (N-methyl/N-ethyl adjacent to an activating group) is 2. The van der Waals surface area contributed by atoms with Crippen LogP contribution in [0, 0.1) is 5.82 Å². The molecule has 0 aliphatic carbocycles. The van der Waals surface area contributed by atoms with Crippen LogP contribution in [0.25, 0.3) is 0 Å². The number of benzene rings is 1. The molecule has 1 aromatic carbocycles. The molecule has 0 unspecified atom stereocenters. The molecule has 1 aliphatic rings. The van der Waals surface area contributed by atoms with Crippen LogP contribution in [-0.4, -0.2) is 55.1 Å². The molecular weight excluding hydrogens is 259 g/mol. The molecular formula is C15H21FN2O2. The van der Waals surface area contributed by atoms with Crippen molar-refractivity contribution in [3.8, 4) is 0 Å². The Bertz CT molecular complexity index is 477. The Morgan fingerprint density at radius 1 is 1.45 bits per heavy atom. The number of rotatable bonds is 3. The van der Waals surface area contributed by atoms with E-state index in [-0.39, 0.29) is 11.7 Å². The second kappa shape index (κ2) is 5.89. The van der Waals surface area contributed by atoms with Gasteiger partial charge in [-0.25, -0.2) is 4.39 Å². The van der Waals surface area contributed by atoms with Crippen molar-refractivity contribution in [3.05, 3.63) is 35.6 Å². The van der Waals surface area contributed by atoms with Crippen molar-refractivity contribution in [2.45, 2.75) is 19.1 Å². The second-order valence-electron chi connectivity index (χ2n) is 5.60. The van der Waals surface area contributed by atoms with E-state index in [0.29, 0.717) is 19.7 Å². The maximum absolute atomic E-state index is 12.9. The molecule has 5 heteroatoms. The first-order valence-corrected chi connectivity index (χ1v) is 6.73. The zero-order valence-corrected chi connectivity index (χ0v) is 12.2. The van der Waals surface area contributed by atoms with Crippen molar-refractivity contribution in [1.82, 2.24) is 9.80 Å². The third-order valence-electron chi connectivity index (χ3n) is 3.60. The van der Waals surface area contributed by atoms with Gasteiger partial charge in [0.2, 0.25) is 0 Å².